The summed E-state index contributed by atoms with van der Waals surface area (Å²) in [6.45, 7) is 3.60. The molecule has 1 amide bonds. The van der Waals surface area contributed by atoms with Gasteiger partial charge in [0, 0.05) is 5.56 Å². The minimum absolute atomic E-state index is 0.197. The first-order valence-corrected chi connectivity index (χ1v) is 6.91. The maximum Gasteiger partial charge on any atom is 0.251 e. The van der Waals surface area contributed by atoms with Crippen molar-refractivity contribution in [3.8, 4) is 0 Å². The molecule has 2 aromatic rings. The van der Waals surface area contributed by atoms with E-state index in [0.717, 1.165) is 5.56 Å². The van der Waals surface area contributed by atoms with E-state index in [1.165, 1.54) is 6.08 Å². The lowest BCUT2D eigenvalue weighted by atomic mass is 10.0. The van der Waals surface area contributed by atoms with E-state index in [2.05, 4.69) is 11.9 Å². The monoisotopic (exact) mass is 281 g/mol. The van der Waals surface area contributed by atoms with Crippen molar-refractivity contribution in [1.29, 1.82) is 0 Å². The summed E-state index contributed by atoms with van der Waals surface area (Å²) in [4.78, 5) is 12.2. The largest absolute Gasteiger partial charge is 0.387 e. The number of nitrogens with one attached hydrogen (secondary N) is 1. The molecule has 2 N–H and O–H groups in total. The lowest BCUT2D eigenvalue weighted by Gasteiger charge is -2.22. The molecule has 2 rings (SSSR count). The van der Waals surface area contributed by atoms with Crippen molar-refractivity contribution in [1.82, 2.24) is 5.32 Å². The second-order valence-corrected chi connectivity index (χ2v) is 4.86. The van der Waals surface area contributed by atoms with Crippen molar-refractivity contribution in [3.05, 3.63) is 84.4 Å². The van der Waals surface area contributed by atoms with E-state index in [0.29, 0.717) is 12.0 Å². The lowest BCUT2D eigenvalue weighted by molar-refractivity contribution is 0.0884. The lowest BCUT2D eigenvalue weighted by Crippen LogP contribution is -2.44. The molecule has 21 heavy (non-hydrogen) atoms. The van der Waals surface area contributed by atoms with Crippen LogP contribution in [0.3, 0.4) is 0 Å². The molecule has 2 aromatic carbocycles. The van der Waals surface area contributed by atoms with Crippen molar-refractivity contribution in [2.24, 2.45) is 0 Å². The number of rotatable bonds is 6. The standard InChI is InChI=1S/C18H19NO2/c1-2-17(20)16(13-14-9-5-3-6-10-14)19-18(21)15-11-7-4-8-12-15/h2-12,16-17,20H,1,13H2,(H,19,21)/t16-,17-/m0/s1. The van der Waals surface area contributed by atoms with E-state index in [1.807, 2.05) is 48.5 Å². The fraction of sp³-hybridized carbons (Fsp3) is 0.167. The van der Waals surface area contributed by atoms with E-state index in [1.54, 1.807) is 12.1 Å². The van der Waals surface area contributed by atoms with Gasteiger partial charge in [-0.25, -0.2) is 0 Å². The highest BCUT2D eigenvalue weighted by molar-refractivity contribution is 5.94. The van der Waals surface area contributed by atoms with Crippen molar-refractivity contribution in [2.75, 3.05) is 0 Å². The molecule has 0 heterocycles. The minimum Gasteiger partial charge on any atom is -0.387 e. The molecule has 0 radical (unpaired) electrons. The zero-order chi connectivity index (χ0) is 15.1. The molecule has 0 aliphatic heterocycles. The molecule has 3 heteroatoms. The Bertz CT molecular complexity index is 581. The molecule has 0 spiro atoms. The van der Waals surface area contributed by atoms with Crippen LogP contribution in [0.4, 0.5) is 0 Å². The van der Waals surface area contributed by atoms with Crippen LogP contribution in [0.1, 0.15) is 15.9 Å². The normalized spacial score (nSPS) is 13.2. The quantitative estimate of drug-likeness (QED) is 0.800. The van der Waals surface area contributed by atoms with Gasteiger partial charge in [0.05, 0.1) is 12.1 Å². The van der Waals surface area contributed by atoms with Gasteiger partial charge in [-0.2, -0.15) is 0 Å². The fourth-order valence-electron chi connectivity index (χ4n) is 2.13. The third-order valence-corrected chi connectivity index (χ3v) is 3.30. The first-order chi connectivity index (χ1) is 10.2. The van der Waals surface area contributed by atoms with Crippen molar-refractivity contribution in [2.45, 2.75) is 18.6 Å². The molecule has 0 fully saturated rings. The van der Waals surface area contributed by atoms with Gasteiger partial charge in [0.1, 0.15) is 0 Å². The number of benzene rings is 2. The fourth-order valence-corrected chi connectivity index (χ4v) is 2.13. The highest BCUT2D eigenvalue weighted by Gasteiger charge is 2.20. The van der Waals surface area contributed by atoms with Crippen LogP contribution in [-0.2, 0) is 6.42 Å². The summed E-state index contributed by atoms with van der Waals surface area (Å²) in [6.07, 6.45) is 1.20. The molecule has 108 valence electrons. The van der Waals surface area contributed by atoms with E-state index < -0.39 is 12.1 Å². The van der Waals surface area contributed by atoms with E-state index >= 15 is 0 Å². The van der Waals surface area contributed by atoms with Crippen LogP contribution in [-0.4, -0.2) is 23.2 Å². The Kier molecular flexibility index (Phi) is 5.29. The van der Waals surface area contributed by atoms with Gasteiger partial charge in [-0.05, 0) is 24.1 Å². The summed E-state index contributed by atoms with van der Waals surface area (Å²) in [5.74, 6) is -0.197. The predicted octanol–water partition coefficient (Wildman–Crippen LogP) is 2.57. The number of carbonyl (C=O) groups is 1. The van der Waals surface area contributed by atoms with Gasteiger partial charge in [-0.15, -0.1) is 6.58 Å². The summed E-state index contributed by atoms with van der Waals surface area (Å²) < 4.78 is 0. The summed E-state index contributed by atoms with van der Waals surface area (Å²) in [7, 11) is 0. The zero-order valence-corrected chi connectivity index (χ0v) is 11.8. The predicted molar refractivity (Wildman–Crippen MR) is 84.0 cm³/mol. The van der Waals surface area contributed by atoms with Gasteiger partial charge >= 0.3 is 0 Å². The van der Waals surface area contributed by atoms with Crippen LogP contribution in [0, 0.1) is 0 Å². The second kappa shape index (κ2) is 7.41. The molecule has 0 aliphatic carbocycles. The minimum atomic E-state index is -0.794. The Morgan fingerprint density at radius 2 is 1.67 bits per heavy atom. The average Bonchev–Trinajstić information content (AvgIpc) is 2.55. The van der Waals surface area contributed by atoms with Crippen molar-refractivity contribution >= 4 is 5.91 Å². The first kappa shape index (κ1) is 15.0. The number of aliphatic hydroxyl groups excluding tert-OH is 1. The third-order valence-electron chi connectivity index (χ3n) is 3.30. The molecular formula is C18H19NO2. The highest BCUT2D eigenvalue weighted by atomic mass is 16.3. The third kappa shape index (κ3) is 4.29. The van der Waals surface area contributed by atoms with Crippen molar-refractivity contribution in [3.63, 3.8) is 0 Å². The zero-order valence-electron chi connectivity index (χ0n) is 11.8. The van der Waals surface area contributed by atoms with E-state index in [9.17, 15) is 9.90 Å². The van der Waals surface area contributed by atoms with Gasteiger partial charge in [0.25, 0.3) is 5.91 Å². The molecular weight excluding hydrogens is 262 g/mol. The van der Waals surface area contributed by atoms with E-state index in [4.69, 9.17) is 0 Å². The Labute approximate surface area is 124 Å². The maximum absolute atomic E-state index is 12.2. The number of carbonyl (C=O) groups excluding carboxylic acids is 1. The molecule has 0 unspecified atom stereocenters. The highest BCUT2D eigenvalue weighted by Crippen LogP contribution is 2.08. The molecule has 2 atom stereocenters. The first-order valence-electron chi connectivity index (χ1n) is 6.91. The number of hydrogen-bond acceptors (Lipinski definition) is 2. The average molecular weight is 281 g/mol. The van der Waals surface area contributed by atoms with Gasteiger partial charge in [0.15, 0.2) is 0 Å². The maximum atomic E-state index is 12.2. The van der Waals surface area contributed by atoms with Crippen LogP contribution in [0.5, 0.6) is 0 Å². The number of aliphatic hydroxyl groups is 1. The summed E-state index contributed by atoms with van der Waals surface area (Å²) >= 11 is 0. The second-order valence-electron chi connectivity index (χ2n) is 4.86. The summed E-state index contributed by atoms with van der Waals surface area (Å²) in [5, 5.41) is 12.9. The molecule has 0 saturated carbocycles. The van der Waals surface area contributed by atoms with Crippen LogP contribution in [0.25, 0.3) is 0 Å². The Morgan fingerprint density at radius 3 is 2.24 bits per heavy atom. The molecule has 0 aromatic heterocycles. The topological polar surface area (TPSA) is 49.3 Å². The van der Waals surface area contributed by atoms with Crippen LogP contribution >= 0.6 is 0 Å². The SMILES string of the molecule is C=C[C@H](O)[C@H](Cc1ccccc1)NC(=O)c1ccccc1. The molecule has 0 bridgehead atoms. The number of hydrogen-bond donors (Lipinski definition) is 2. The van der Waals surface area contributed by atoms with Crippen LogP contribution in [0.15, 0.2) is 73.3 Å². The Hall–Kier alpha value is -2.39. The molecule has 3 nitrogen and oxygen atoms in total. The summed E-state index contributed by atoms with van der Waals surface area (Å²) in [5.41, 5.74) is 1.63. The van der Waals surface area contributed by atoms with Gasteiger partial charge in [-0.1, -0.05) is 54.6 Å². The van der Waals surface area contributed by atoms with Gasteiger partial charge < -0.3 is 10.4 Å². The van der Waals surface area contributed by atoms with Crippen LogP contribution in [0.2, 0.25) is 0 Å². The summed E-state index contributed by atoms with van der Waals surface area (Å²) in [6, 6.07) is 18.3. The molecule has 0 aliphatic rings. The van der Waals surface area contributed by atoms with E-state index in [-0.39, 0.29) is 5.91 Å². The van der Waals surface area contributed by atoms with Gasteiger partial charge in [0.2, 0.25) is 0 Å². The Balaban J connectivity index is 2.10. The number of amides is 1. The Morgan fingerprint density at radius 1 is 1.10 bits per heavy atom. The van der Waals surface area contributed by atoms with Crippen molar-refractivity contribution < 1.29 is 9.90 Å². The van der Waals surface area contributed by atoms with Gasteiger partial charge in [-0.3, -0.25) is 4.79 Å². The molecule has 0 saturated heterocycles. The smallest absolute Gasteiger partial charge is 0.251 e. The van der Waals surface area contributed by atoms with Crippen LogP contribution < -0.4 is 5.32 Å².